The van der Waals surface area contributed by atoms with Crippen LogP contribution in [0.1, 0.15) is 51.7 Å². The van der Waals surface area contributed by atoms with E-state index in [-0.39, 0.29) is 0 Å². The lowest BCUT2D eigenvalue weighted by molar-refractivity contribution is -0.142. The summed E-state index contributed by atoms with van der Waals surface area (Å²) in [5.41, 5.74) is 0. The Morgan fingerprint density at radius 3 is 2.50 bits per heavy atom. The van der Waals surface area contributed by atoms with Crippen molar-refractivity contribution in [3.63, 3.8) is 0 Å². The van der Waals surface area contributed by atoms with Crippen LogP contribution in [-0.4, -0.2) is 11.1 Å². The number of hydrogen-bond donors (Lipinski definition) is 1. The molecule has 0 fully saturated rings. The van der Waals surface area contributed by atoms with Crippen LogP contribution in [0.25, 0.3) is 0 Å². The minimum atomic E-state index is -2.63. The largest absolute Gasteiger partial charge is 0.481 e. The van der Waals surface area contributed by atoms with E-state index in [1.54, 1.807) is 0 Å². The summed E-state index contributed by atoms with van der Waals surface area (Å²) in [6, 6.07) is 0. The zero-order chi connectivity index (χ0) is 15.6. The molecule has 2 heteroatoms. The molecule has 10 heavy (non-hydrogen) atoms. The number of rotatable bonds is 5. The van der Waals surface area contributed by atoms with Crippen molar-refractivity contribution >= 4 is 5.97 Å². The third-order valence-electron chi connectivity index (χ3n) is 0.933. The van der Waals surface area contributed by atoms with Gasteiger partial charge in [0, 0.05) is 12.3 Å². The Morgan fingerprint density at radius 2 is 2.20 bits per heavy atom. The van der Waals surface area contributed by atoms with E-state index in [9.17, 15) is 4.79 Å². The molecule has 1 N–H and O–H groups in total. The molecule has 0 aliphatic heterocycles. The van der Waals surface area contributed by atoms with Gasteiger partial charge in [0.25, 0.3) is 0 Å². The van der Waals surface area contributed by atoms with E-state index in [0.717, 1.165) is 0 Å². The van der Waals surface area contributed by atoms with Crippen molar-refractivity contribution in [3.05, 3.63) is 0 Å². The monoisotopic (exact) mass is 153 g/mol. The molecule has 0 heterocycles. The predicted octanol–water partition coefficient (Wildman–Crippen LogP) is 2.29. The van der Waals surface area contributed by atoms with Crippen LogP contribution in [0, 0.1) is 5.89 Å². The second-order valence-electron chi connectivity index (χ2n) is 1.67. The van der Waals surface area contributed by atoms with E-state index in [0.29, 0.717) is 0 Å². The van der Waals surface area contributed by atoms with Gasteiger partial charge in [0.05, 0.1) is 5.89 Å². The fourth-order valence-corrected chi connectivity index (χ4v) is 0.460. The van der Waals surface area contributed by atoms with Crippen molar-refractivity contribution in [2.75, 3.05) is 0 Å². The van der Waals surface area contributed by atoms with Gasteiger partial charge >= 0.3 is 5.97 Å². The highest BCUT2D eigenvalue weighted by molar-refractivity contribution is 5.69. The van der Waals surface area contributed by atoms with E-state index in [2.05, 4.69) is 0 Å². The van der Waals surface area contributed by atoms with Gasteiger partial charge in [0.15, 0.2) is 0 Å². The zero-order valence-electron chi connectivity index (χ0n) is 14.4. The zero-order valence-corrected chi connectivity index (χ0v) is 5.42. The van der Waals surface area contributed by atoms with E-state index in [1.807, 2.05) is 0 Å². The summed E-state index contributed by atoms with van der Waals surface area (Å²) in [6.07, 6.45) is -7.32. The summed E-state index contributed by atoms with van der Waals surface area (Å²) in [6.45, 7) is -4.05. The molecule has 0 bridgehead atoms. The first-order chi connectivity index (χ1) is 8.24. The van der Waals surface area contributed by atoms with Gasteiger partial charge in [-0.1, -0.05) is 26.5 Å². The Hall–Kier alpha value is -0.530. The predicted molar refractivity (Wildman–Crippen MR) is 40.9 cm³/mol. The number of aliphatic carboxylic acids is 1. The molecule has 0 rings (SSSR count). The normalized spacial score (nSPS) is 28.0. The summed E-state index contributed by atoms with van der Waals surface area (Å²) >= 11 is 0. The molecule has 0 saturated carbocycles. The van der Waals surface area contributed by atoms with Gasteiger partial charge in [-0.25, -0.2) is 0 Å². The lowest BCUT2D eigenvalue weighted by Crippen LogP contribution is -2.12. The molecule has 0 radical (unpaired) electrons. The van der Waals surface area contributed by atoms with E-state index < -0.39 is 51.2 Å². The maximum atomic E-state index is 11.1. The molecule has 60 valence electrons. The van der Waals surface area contributed by atoms with E-state index in [1.165, 1.54) is 0 Å². The Bertz CT molecular complexity index is 306. The van der Waals surface area contributed by atoms with Crippen LogP contribution < -0.4 is 0 Å². The quantitative estimate of drug-likeness (QED) is 0.658. The highest BCUT2D eigenvalue weighted by atomic mass is 16.4. The summed E-state index contributed by atoms with van der Waals surface area (Å²) in [5.74, 6) is -4.44. The first-order valence-electron chi connectivity index (χ1n) is 7.48. The summed E-state index contributed by atoms with van der Waals surface area (Å²) < 4.78 is 64.9. The third kappa shape index (κ3) is 3.49. The highest BCUT2D eigenvalue weighted by Crippen LogP contribution is 2.12. The van der Waals surface area contributed by atoms with Crippen LogP contribution in [0.3, 0.4) is 0 Å². The van der Waals surface area contributed by atoms with E-state index in [4.69, 9.17) is 17.4 Å². The summed E-state index contributed by atoms with van der Waals surface area (Å²) in [7, 11) is 0. The third-order valence-corrected chi connectivity index (χ3v) is 0.933. The minimum Gasteiger partial charge on any atom is -0.481 e. The van der Waals surface area contributed by atoms with Crippen LogP contribution in [0.15, 0.2) is 0 Å². The molecule has 0 aliphatic carbocycles. The maximum Gasteiger partial charge on any atom is 0.306 e. The lowest BCUT2D eigenvalue weighted by Gasteiger charge is -2.07. The minimum absolute atomic E-state index is 1.06. The van der Waals surface area contributed by atoms with Crippen LogP contribution >= 0.6 is 0 Å². The van der Waals surface area contributed by atoms with Crippen molar-refractivity contribution in [1.29, 1.82) is 0 Å². The lowest BCUT2D eigenvalue weighted by atomic mass is 9.99. The molecule has 0 unspecified atom stereocenters. The van der Waals surface area contributed by atoms with Gasteiger partial charge in [0.2, 0.25) is 0 Å². The number of carboxylic acid groups (broad SMARTS) is 1. The van der Waals surface area contributed by atoms with Gasteiger partial charge in [0.1, 0.15) is 0 Å². The van der Waals surface area contributed by atoms with Gasteiger partial charge in [-0.3, -0.25) is 4.79 Å². The molecule has 0 saturated heterocycles. The van der Waals surface area contributed by atoms with Crippen molar-refractivity contribution in [3.8, 4) is 0 Å². The van der Waals surface area contributed by atoms with Crippen LogP contribution in [0.4, 0.5) is 0 Å². The maximum absolute atomic E-state index is 11.1. The number of hydrogen-bond acceptors (Lipinski definition) is 1. The van der Waals surface area contributed by atoms with Crippen LogP contribution in [-0.2, 0) is 4.79 Å². The SMILES string of the molecule is [2H]C([2H])C([2H])([2H])CC([2H])(CC([2H])([2H])C([2H])[2H])C(=O)O. The van der Waals surface area contributed by atoms with E-state index >= 15 is 0 Å². The van der Waals surface area contributed by atoms with Gasteiger partial charge in [-0.15, -0.1) is 0 Å². The average molecular weight is 153 g/mol. The topological polar surface area (TPSA) is 37.3 Å². The number of carboxylic acids is 1. The average Bonchev–Trinajstić information content (AvgIpc) is 2.14. The number of carbonyl (C=O) groups is 1. The first kappa shape index (κ1) is 2.23. The fourth-order valence-electron chi connectivity index (χ4n) is 0.460. The Labute approximate surface area is 74.9 Å². The van der Waals surface area contributed by atoms with Crippen molar-refractivity contribution in [1.82, 2.24) is 0 Å². The molecular weight excluding hydrogens is 128 g/mol. The van der Waals surface area contributed by atoms with Gasteiger partial charge < -0.3 is 5.11 Å². The molecule has 0 aliphatic rings. The van der Waals surface area contributed by atoms with Crippen molar-refractivity contribution < 1.29 is 22.2 Å². The smallest absolute Gasteiger partial charge is 0.306 e. The second-order valence-corrected chi connectivity index (χ2v) is 1.67. The Balaban J connectivity index is 5.25. The molecule has 2 nitrogen and oxygen atoms in total. The molecule has 0 aromatic carbocycles. The Kier molecular flexibility index (Phi) is 1.17. The van der Waals surface area contributed by atoms with Crippen molar-refractivity contribution in [2.45, 2.75) is 39.3 Å². The Morgan fingerprint density at radius 1 is 1.70 bits per heavy atom. The van der Waals surface area contributed by atoms with Crippen molar-refractivity contribution in [2.24, 2.45) is 5.89 Å². The summed E-state index contributed by atoms with van der Waals surface area (Å²) in [4.78, 5) is 11.1. The molecule has 0 amide bonds. The molecule has 0 aromatic heterocycles. The molecule has 0 aromatic rings. The van der Waals surface area contributed by atoms with Gasteiger partial charge in [-0.05, 0) is 12.8 Å². The van der Waals surface area contributed by atoms with Gasteiger partial charge in [-0.2, -0.15) is 0 Å². The highest BCUT2D eigenvalue weighted by Gasteiger charge is 2.13. The standard InChI is InChI=1S/C8H16O2/c1-3-5-7(6-4-2)8(9)10/h7H,3-6H2,1-2H3,(H,9,10)/i1D2,2D2,3D2,4D2,7D. The second kappa shape index (κ2) is 5.27. The first-order valence-corrected chi connectivity index (χ1v) is 2.67. The molecular formula is C8H16O2. The van der Waals surface area contributed by atoms with Crippen LogP contribution in [0.5, 0.6) is 0 Å². The molecule has 0 atom stereocenters. The fraction of sp³-hybridized carbons (Fsp3) is 0.875. The molecule has 0 spiro atoms. The summed E-state index contributed by atoms with van der Waals surface area (Å²) in [5, 5.41) is 8.96. The van der Waals surface area contributed by atoms with Crippen LogP contribution in [0.2, 0.25) is 0 Å².